The van der Waals surface area contributed by atoms with Crippen molar-refractivity contribution in [2.75, 3.05) is 29.9 Å². The van der Waals surface area contributed by atoms with Gasteiger partial charge in [-0.3, -0.25) is 4.68 Å². The summed E-state index contributed by atoms with van der Waals surface area (Å²) in [5.74, 6) is 3.28. The second-order valence-corrected chi connectivity index (χ2v) is 22.2. The summed E-state index contributed by atoms with van der Waals surface area (Å²) in [5.41, 5.74) is 19.0. The standard InChI is InChI=1S/C63H70N8S/c1-8-57-54(29-30-61(66-57)71-36-33-48-13-11-16-52(56(48)39-71)43(5)65-63-67-58-17-9-10-18-60(58)72-63)51-15-12-14-49(42(51)4)37-46-24-22-45(23-25-46)21-20-41(3)70-34-31-47(32-35-70)50-26-28-55-59(38-50)69(7)68-62(55)53-27-19-40(2)64-44(53)6/h8-18,26,28-30,38,45-47,53,64H,1-3,5-6,19-25,27,31-37,39H2,4,7H3,(H,65,67). The van der Waals surface area contributed by atoms with Gasteiger partial charge >= 0.3 is 0 Å². The third-order valence-corrected chi connectivity index (χ3v) is 17.7. The number of likely N-dealkylation sites (tertiary alicyclic amines) is 1. The Kier molecular flexibility index (Phi) is 13.5. The van der Waals surface area contributed by atoms with Crippen LogP contribution in [0.5, 0.6) is 0 Å². The minimum Gasteiger partial charge on any atom is -0.375 e. The maximum atomic E-state index is 5.27. The van der Waals surface area contributed by atoms with E-state index in [1.165, 1.54) is 94.9 Å². The fraction of sp³-hybridized carbons (Fsp3) is 0.349. The molecular formula is C63H70N8S. The van der Waals surface area contributed by atoms with Crippen LogP contribution in [0.2, 0.25) is 0 Å². The van der Waals surface area contributed by atoms with Crippen molar-refractivity contribution in [1.82, 2.24) is 30.0 Å². The lowest BCUT2D eigenvalue weighted by molar-refractivity contribution is 0.234. The Morgan fingerprint density at radius 2 is 1.64 bits per heavy atom. The number of allylic oxidation sites excluding steroid dienone is 3. The van der Waals surface area contributed by atoms with Gasteiger partial charge in [-0.05, 0) is 159 Å². The first kappa shape index (κ1) is 47.6. The van der Waals surface area contributed by atoms with Crippen molar-refractivity contribution in [3.63, 3.8) is 0 Å². The van der Waals surface area contributed by atoms with Gasteiger partial charge in [0.1, 0.15) is 5.82 Å². The number of anilines is 2. The van der Waals surface area contributed by atoms with Gasteiger partial charge in [-0.15, -0.1) is 0 Å². The van der Waals surface area contributed by atoms with Crippen molar-refractivity contribution in [1.29, 1.82) is 0 Å². The summed E-state index contributed by atoms with van der Waals surface area (Å²) in [4.78, 5) is 15.1. The number of aromatic nitrogens is 4. The van der Waals surface area contributed by atoms with E-state index in [1.807, 2.05) is 12.1 Å². The van der Waals surface area contributed by atoms with Crippen LogP contribution in [-0.4, -0.2) is 44.3 Å². The maximum absolute atomic E-state index is 5.27. The number of hydrogen-bond donors (Lipinski definition) is 2. The number of aryl methyl sites for hydroxylation is 1. The first-order valence-electron chi connectivity index (χ1n) is 26.5. The third kappa shape index (κ3) is 9.68. The van der Waals surface area contributed by atoms with E-state index < -0.39 is 0 Å². The Bertz CT molecular complexity index is 3190. The van der Waals surface area contributed by atoms with Crippen molar-refractivity contribution in [3.8, 4) is 11.1 Å². The van der Waals surface area contributed by atoms with Crippen LogP contribution in [0, 0.1) is 18.8 Å². The van der Waals surface area contributed by atoms with E-state index in [1.54, 1.807) is 11.3 Å². The lowest BCUT2D eigenvalue weighted by Gasteiger charge is -2.36. The van der Waals surface area contributed by atoms with Gasteiger partial charge in [-0.2, -0.15) is 5.10 Å². The monoisotopic (exact) mass is 971 g/mol. The predicted octanol–water partition coefficient (Wildman–Crippen LogP) is 14.9. The molecule has 9 heteroatoms. The van der Waals surface area contributed by atoms with Crippen molar-refractivity contribution < 1.29 is 0 Å². The van der Waals surface area contributed by atoms with Gasteiger partial charge in [0.15, 0.2) is 5.13 Å². The third-order valence-electron chi connectivity index (χ3n) is 16.8. The van der Waals surface area contributed by atoms with Crippen LogP contribution >= 0.6 is 11.3 Å². The summed E-state index contributed by atoms with van der Waals surface area (Å²) in [6.45, 7) is 27.9. The molecule has 4 aliphatic rings. The minimum absolute atomic E-state index is 0.220. The molecule has 1 aliphatic carbocycles. The lowest BCUT2D eigenvalue weighted by Crippen LogP contribution is -2.32. The Morgan fingerprint density at radius 3 is 2.44 bits per heavy atom. The van der Waals surface area contributed by atoms with E-state index in [-0.39, 0.29) is 5.92 Å². The Labute approximate surface area is 431 Å². The molecule has 3 fully saturated rings. The summed E-state index contributed by atoms with van der Waals surface area (Å²) in [6, 6.07) is 33.2. The van der Waals surface area contributed by atoms with E-state index in [4.69, 9.17) is 15.1 Å². The number of nitrogens with zero attached hydrogens (tertiary/aromatic N) is 6. The Morgan fingerprint density at radius 1 is 0.833 bits per heavy atom. The van der Waals surface area contributed by atoms with Gasteiger partial charge in [0.25, 0.3) is 0 Å². The number of para-hydroxylation sites is 1. The summed E-state index contributed by atoms with van der Waals surface area (Å²) in [5, 5.41) is 14.0. The Hall–Kier alpha value is -6.71. The molecule has 6 heterocycles. The molecule has 2 N–H and O–H groups in total. The number of rotatable bonds is 14. The van der Waals surface area contributed by atoms with Gasteiger partial charge in [-0.25, -0.2) is 9.97 Å². The van der Waals surface area contributed by atoms with Crippen LogP contribution in [0.4, 0.5) is 10.9 Å². The van der Waals surface area contributed by atoms with Crippen molar-refractivity contribution >= 4 is 55.2 Å². The van der Waals surface area contributed by atoms with E-state index in [0.29, 0.717) is 5.92 Å². The predicted molar refractivity (Wildman–Crippen MR) is 303 cm³/mol. The first-order chi connectivity index (χ1) is 35.1. The molecule has 4 aromatic carbocycles. The van der Waals surface area contributed by atoms with Crippen LogP contribution in [0.3, 0.4) is 0 Å². The zero-order chi connectivity index (χ0) is 49.5. The normalized spacial score (nSPS) is 19.6. The summed E-state index contributed by atoms with van der Waals surface area (Å²) < 4.78 is 3.23. The largest absolute Gasteiger partial charge is 0.375 e. The molecule has 2 saturated heterocycles. The molecule has 3 aromatic heterocycles. The molecule has 8 nitrogen and oxygen atoms in total. The number of pyridine rings is 1. The topological polar surface area (TPSA) is 74.1 Å². The number of benzene rings is 4. The summed E-state index contributed by atoms with van der Waals surface area (Å²) in [7, 11) is 2.08. The molecule has 3 aliphatic heterocycles. The van der Waals surface area contributed by atoms with Gasteiger partial charge in [-0.1, -0.05) is 118 Å². The zero-order valence-corrected chi connectivity index (χ0v) is 43.3. The lowest BCUT2D eigenvalue weighted by atomic mass is 9.77. The number of hydrogen-bond acceptors (Lipinski definition) is 8. The van der Waals surface area contributed by atoms with Crippen molar-refractivity contribution in [3.05, 3.63) is 186 Å². The maximum Gasteiger partial charge on any atom is 0.188 e. The number of piperidine rings is 2. The van der Waals surface area contributed by atoms with E-state index in [9.17, 15) is 0 Å². The minimum atomic E-state index is 0.220. The Balaban J connectivity index is 0.663. The molecule has 72 heavy (non-hydrogen) atoms. The molecular weight excluding hydrogens is 901 g/mol. The number of nitrogens with one attached hydrogen (secondary N) is 2. The van der Waals surface area contributed by atoms with Crippen LogP contribution < -0.4 is 15.5 Å². The number of thiazole rings is 1. The molecule has 11 rings (SSSR count). The first-order valence-corrected chi connectivity index (χ1v) is 27.3. The highest BCUT2D eigenvalue weighted by atomic mass is 32.1. The molecule has 0 bridgehead atoms. The van der Waals surface area contributed by atoms with Crippen molar-refractivity contribution in [2.24, 2.45) is 18.9 Å². The quantitative estimate of drug-likeness (QED) is 0.112. The fourth-order valence-corrected chi connectivity index (χ4v) is 13.4. The average Bonchev–Trinajstić information content (AvgIpc) is 3.97. The molecule has 1 unspecified atom stereocenters. The summed E-state index contributed by atoms with van der Waals surface area (Å²) >= 11 is 1.66. The van der Waals surface area contributed by atoms with Crippen molar-refractivity contribution in [2.45, 2.75) is 102 Å². The number of fused-ring (bicyclic) bond motifs is 3. The molecule has 7 aromatic rings. The summed E-state index contributed by atoms with van der Waals surface area (Å²) in [6.07, 6.45) is 15.9. The highest BCUT2D eigenvalue weighted by Gasteiger charge is 2.29. The molecule has 368 valence electrons. The molecule has 1 saturated carbocycles. The molecule has 1 atom stereocenters. The highest BCUT2D eigenvalue weighted by Crippen LogP contribution is 2.41. The second kappa shape index (κ2) is 20.4. The average molecular weight is 971 g/mol. The SMILES string of the molecule is C=Cc1nc(N2CCc3cccc(C(=C)Nc4nc5ccccc5s4)c3C2)ccc1-c1cccc(CC2CCC(CCC(=C)N3CCC(c4ccc5c(C6CCC(=C)NC6=C)nn(C)c5c4)CC3)CC2)c1C. The van der Waals surface area contributed by atoms with Crippen LogP contribution in [0.1, 0.15) is 121 Å². The zero-order valence-electron chi connectivity index (χ0n) is 42.5. The second-order valence-electron chi connectivity index (χ2n) is 21.2. The van der Waals surface area contributed by atoms with Crippen LogP contribution in [0.15, 0.2) is 141 Å². The van der Waals surface area contributed by atoms with Gasteiger partial charge in [0.2, 0.25) is 0 Å². The highest BCUT2D eigenvalue weighted by molar-refractivity contribution is 7.22. The van der Waals surface area contributed by atoms with Crippen LogP contribution in [0.25, 0.3) is 44.0 Å². The molecule has 0 amide bonds. The molecule has 0 spiro atoms. The van der Waals surface area contributed by atoms with Gasteiger partial charge in [0, 0.05) is 78.4 Å². The van der Waals surface area contributed by atoms with E-state index >= 15 is 0 Å². The van der Waals surface area contributed by atoms with E-state index in [0.717, 1.165) is 131 Å². The molecule has 0 radical (unpaired) electrons. The van der Waals surface area contributed by atoms with Gasteiger partial charge < -0.3 is 20.4 Å². The van der Waals surface area contributed by atoms with Crippen LogP contribution in [-0.2, 0) is 26.4 Å². The van der Waals surface area contributed by atoms with Gasteiger partial charge in [0.05, 0.1) is 27.1 Å². The smallest absolute Gasteiger partial charge is 0.188 e. The van der Waals surface area contributed by atoms with E-state index in [2.05, 4.69) is 157 Å². The fourth-order valence-electron chi connectivity index (χ4n) is 12.5.